The van der Waals surface area contributed by atoms with Gasteiger partial charge >= 0.3 is 0 Å². The zero-order valence-corrected chi connectivity index (χ0v) is 13.2. The molecule has 1 unspecified atom stereocenters. The molecule has 0 bridgehead atoms. The minimum atomic E-state index is -0.460. The lowest BCUT2D eigenvalue weighted by molar-refractivity contribution is -0.117. The van der Waals surface area contributed by atoms with Gasteiger partial charge in [-0.1, -0.05) is 6.92 Å². The van der Waals surface area contributed by atoms with E-state index in [1.54, 1.807) is 11.8 Å². The lowest BCUT2D eigenvalue weighted by atomic mass is 10.2. The molecule has 0 fully saturated rings. The second-order valence-corrected chi connectivity index (χ2v) is 5.72. The Balaban J connectivity index is 2.50. The predicted molar refractivity (Wildman–Crippen MR) is 86.4 cm³/mol. The van der Waals surface area contributed by atoms with E-state index < -0.39 is 6.04 Å². The van der Waals surface area contributed by atoms with Crippen LogP contribution in [0.1, 0.15) is 26.7 Å². The highest BCUT2D eigenvalue weighted by Gasteiger charge is 2.12. The number of nitrogens with two attached hydrogens (primary N) is 1. The van der Waals surface area contributed by atoms with Gasteiger partial charge in [-0.15, -0.1) is 0 Å². The maximum Gasteiger partial charge on any atom is 0.241 e. The highest BCUT2D eigenvalue weighted by Crippen LogP contribution is 2.17. The van der Waals surface area contributed by atoms with Crippen LogP contribution in [0.25, 0.3) is 0 Å². The van der Waals surface area contributed by atoms with Crippen molar-refractivity contribution in [2.75, 3.05) is 17.3 Å². The molecule has 0 saturated carbocycles. The standard InChI is InChI=1S/C15H24N2O2S/c1-4-11(2)19-13-7-5-12(6-8-13)17-15(18)14(16)9-10-20-3/h5-8,11,14H,4,9-10,16H2,1-3H3,(H,17,18)/t11?,14-/m0/s1. The number of ether oxygens (including phenoxy) is 1. The Hall–Kier alpha value is -1.20. The third-order valence-corrected chi connectivity index (χ3v) is 3.65. The van der Waals surface area contributed by atoms with E-state index in [1.807, 2.05) is 37.4 Å². The molecular formula is C15H24N2O2S. The summed E-state index contributed by atoms with van der Waals surface area (Å²) in [5.41, 5.74) is 6.56. The maximum atomic E-state index is 11.9. The van der Waals surface area contributed by atoms with Crippen LogP contribution >= 0.6 is 11.8 Å². The highest BCUT2D eigenvalue weighted by molar-refractivity contribution is 7.98. The molecule has 0 aliphatic carbocycles. The van der Waals surface area contributed by atoms with Crippen molar-refractivity contribution in [1.82, 2.24) is 0 Å². The molecule has 5 heteroatoms. The van der Waals surface area contributed by atoms with Crippen molar-refractivity contribution in [2.45, 2.75) is 38.8 Å². The van der Waals surface area contributed by atoms with Gasteiger partial charge in [0.15, 0.2) is 0 Å². The van der Waals surface area contributed by atoms with E-state index in [0.717, 1.165) is 23.6 Å². The summed E-state index contributed by atoms with van der Waals surface area (Å²) in [6.45, 7) is 4.11. The number of hydrogen-bond acceptors (Lipinski definition) is 4. The first-order valence-corrected chi connectivity index (χ1v) is 8.28. The van der Waals surface area contributed by atoms with E-state index >= 15 is 0 Å². The lowest BCUT2D eigenvalue weighted by Crippen LogP contribution is -2.36. The van der Waals surface area contributed by atoms with Crippen molar-refractivity contribution in [3.8, 4) is 5.75 Å². The van der Waals surface area contributed by atoms with Crippen molar-refractivity contribution in [1.29, 1.82) is 0 Å². The Morgan fingerprint density at radius 1 is 1.40 bits per heavy atom. The molecule has 0 aromatic heterocycles. The number of nitrogens with one attached hydrogen (secondary N) is 1. The first kappa shape index (κ1) is 16.9. The third-order valence-electron chi connectivity index (χ3n) is 3.00. The van der Waals surface area contributed by atoms with Crippen LogP contribution in [-0.4, -0.2) is 30.1 Å². The smallest absolute Gasteiger partial charge is 0.241 e. The number of carbonyl (C=O) groups is 1. The molecule has 1 rings (SSSR count). The van der Waals surface area contributed by atoms with Crippen molar-refractivity contribution in [2.24, 2.45) is 5.73 Å². The van der Waals surface area contributed by atoms with Gasteiger partial charge in [0.05, 0.1) is 12.1 Å². The summed E-state index contributed by atoms with van der Waals surface area (Å²) in [5.74, 6) is 1.55. The molecule has 1 aromatic rings. The molecule has 1 amide bonds. The van der Waals surface area contributed by atoms with Crippen LogP contribution < -0.4 is 15.8 Å². The topological polar surface area (TPSA) is 64.3 Å². The summed E-state index contributed by atoms with van der Waals surface area (Å²) in [7, 11) is 0. The molecular weight excluding hydrogens is 272 g/mol. The summed E-state index contributed by atoms with van der Waals surface area (Å²) in [4.78, 5) is 11.9. The number of anilines is 1. The summed E-state index contributed by atoms with van der Waals surface area (Å²) in [6, 6.07) is 6.91. The third kappa shape index (κ3) is 5.84. The molecule has 3 N–H and O–H groups in total. The zero-order valence-electron chi connectivity index (χ0n) is 12.4. The van der Waals surface area contributed by atoms with Gasteiger partial charge in [-0.25, -0.2) is 0 Å². The first-order valence-electron chi connectivity index (χ1n) is 6.89. The van der Waals surface area contributed by atoms with Gasteiger partial charge in [0.25, 0.3) is 0 Å². The van der Waals surface area contributed by atoms with Crippen LogP contribution in [-0.2, 0) is 4.79 Å². The molecule has 0 aliphatic rings. The fourth-order valence-corrected chi connectivity index (χ4v) is 2.03. The van der Waals surface area contributed by atoms with Crippen molar-refractivity contribution < 1.29 is 9.53 Å². The van der Waals surface area contributed by atoms with E-state index in [4.69, 9.17) is 10.5 Å². The van der Waals surface area contributed by atoms with Gasteiger partial charge in [-0.3, -0.25) is 4.79 Å². The molecule has 0 heterocycles. The quantitative estimate of drug-likeness (QED) is 0.774. The molecule has 0 aliphatic heterocycles. The van der Waals surface area contributed by atoms with E-state index in [1.165, 1.54) is 0 Å². The summed E-state index contributed by atoms with van der Waals surface area (Å²) in [5, 5.41) is 2.82. The monoisotopic (exact) mass is 296 g/mol. The Bertz CT molecular complexity index is 409. The highest BCUT2D eigenvalue weighted by atomic mass is 32.2. The van der Waals surface area contributed by atoms with Crippen LogP contribution in [0.3, 0.4) is 0 Å². The fourth-order valence-electron chi connectivity index (χ4n) is 1.54. The molecule has 0 radical (unpaired) electrons. The number of hydrogen-bond donors (Lipinski definition) is 2. The van der Waals surface area contributed by atoms with Gasteiger partial charge in [-0.05, 0) is 56.0 Å². The second kappa shape index (κ2) is 8.87. The van der Waals surface area contributed by atoms with Gasteiger partial charge in [-0.2, -0.15) is 11.8 Å². The zero-order chi connectivity index (χ0) is 15.0. The number of thioether (sulfide) groups is 1. The number of amides is 1. The second-order valence-electron chi connectivity index (χ2n) is 4.74. The van der Waals surface area contributed by atoms with Crippen molar-refractivity contribution in [3.05, 3.63) is 24.3 Å². The van der Waals surface area contributed by atoms with Crippen molar-refractivity contribution >= 4 is 23.4 Å². The molecule has 0 saturated heterocycles. The summed E-state index contributed by atoms with van der Waals surface area (Å²) >= 11 is 1.69. The molecule has 0 spiro atoms. The first-order chi connectivity index (χ1) is 9.56. The van der Waals surface area contributed by atoms with Crippen molar-refractivity contribution in [3.63, 3.8) is 0 Å². The molecule has 1 aromatic carbocycles. The largest absolute Gasteiger partial charge is 0.491 e. The molecule has 20 heavy (non-hydrogen) atoms. The minimum Gasteiger partial charge on any atom is -0.491 e. The van der Waals surface area contributed by atoms with Gasteiger partial charge in [0, 0.05) is 5.69 Å². The number of carbonyl (C=O) groups excluding carboxylic acids is 1. The van der Waals surface area contributed by atoms with Gasteiger partial charge in [0.2, 0.25) is 5.91 Å². The Morgan fingerprint density at radius 2 is 2.05 bits per heavy atom. The van der Waals surface area contributed by atoms with Crippen LogP contribution in [0.4, 0.5) is 5.69 Å². The summed E-state index contributed by atoms with van der Waals surface area (Å²) < 4.78 is 5.68. The van der Waals surface area contributed by atoms with Crippen LogP contribution in [0, 0.1) is 0 Å². The SMILES string of the molecule is CCC(C)Oc1ccc(NC(=O)[C@@H](N)CCSC)cc1. The Labute approximate surface area is 125 Å². The number of rotatable bonds is 8. The maximum absolute atomic E-state index is 11.9. The van der Waals surface area contributed by atoms with E-state index in [2.05, 4.69) is 12.2 Å². The summed E-state index contributed by atoms with van der Waals surface area (Å²) in [6.07, 6.45) is 3.83. The molecule has 2 atom stereocenters. The lowest BCUT2D eigenvalue weighted by Gasteiger charge is -2.14. The van der Waals surface area contributed by atoms with Crippen LogP contribution in [0.15, 0.2) is 24.3 Å². The fraction of sp³-hybridized carbons (Fsp3) is 0.533. The van der Waals surface area contributed by atoms with E-state index in [9.17, 15) is 4.79 Å². The average Bonchev–Trinajstić information content (AvgIpc) is 2.46. The van der Waals surface area contributed by atoms with Crippen LogP contribution in [0.2, 0.25) is 0 Å². The molecule has 4 nitrogen and oxygen atoms in total. The van der Waals surface area contributed by atoms with E-state index in [-0.39, 0.29) is 12.0 Å². The molecule has 112 valence electrons. The predicted octanol–water partition coefficient (Wildman–Crippen LogP) is 2.88. The Kier molecular flexibility index (Phi) is 7.47. The average molecular weight is 296 g/mol. The Morgan fingerprint density at radius 3 is 2.60 bits per heavy atom. The normalized spacial score (nSPS) is 13.6. The van der Waals surface area contributed by atoms with E-state index in [0.29, 0.717) is 6.42 Å². The minimum absolute atomic E-state index is 0.144. The number of benzene rings is 1. The van der Waals surface area contributed by atoms with Gasteiger partial charge in [0.1, 0.15) is 5.75 Å². The van der Waals surface area contributed by atoms with Crippen LogP contribution in [0.5, 0.6) is 5.75 Å². The van der Waals surface area contributed by atoms with Gasteiger partial charge < -0.3 is 15.8 Å².